The lowest BCUT2D eigenvalue weighted by atomic mass is 10.2. The number of hydrogen-bond donors (Lipinski definition) is 2. The average Bonchev–Trinajstić information content (AvgIpc) is 2.39. The Morgan fingerprint density at radius 3 is 3.00 bits per heavy atom. The van der Waals surface area contributed by atoms with E-state index in [0.717, 1.165) is 6.42 Å². The maximum atomic E-state index is 13.4. The van der Waals surface area contributed by atoms with Crippen LogP contribution in [0.4, 0.5) is 10.1 Å². The van der Waals surface area contributed by atoms with Crippen molar-refractivity contribution in [3.05, 3.63) is 29.6 Å². The Hall–Kier alpha value is -1.90. The molecular weight excluding hydrogens is 247 g/mol. The van der Waals surface area contributed by atoms with Crippen molar-refractivity contribution in [2.75, 3.05) is 25.1 Å². The second-order valence-electron chi connectivity index (χ2n) is 3.80. The van der Waals surface area contributed by atoms with Crippen LogP contribution in [0.1, 0.15) is 18.9 Å². The molecule has 4 nitrogen and oxygen atoms in total. The van der Waals surface area contributed by atoms with Crippen molar-refractivity contribution >= 4 is 11.6 Å². The summed E-state index contributed by atoms with van der Waals surface area (Å²) in [6.07, 6.45) is 0.850. The molecule has 0 spiro atoms. The summed E-state index contributed by atoms with van der Waals surface area (Å²) in [7, 11) is 0. The second kappa shape index (κ2) is 8.25. The third-order valence-electron chi connectivity index (χ3n) is 2.16. The normalized spacial score (nSPS) is 9.63. The van der Waals surface area contributed by atoms with Crippen LogP contribution in [-0.4, -0.2) is 25.7 Å². The van der Waals surface area contributed by atoms with E-state index in [0.29, 0.717) is 12.3 Å². The van der Waals surface area contributed by atoms with Crippen molar-refractivity contribution in [1.82, 2.24) is 0 Å². The van der Waals surface area contributed by atoms with Gasteiger partial charge in [0.15, 0.2) is 0 Å². The highest BCUT2D eigenvalue weighted by molar-refractivity contribution is 5.91. The first-order valence-corrected chi connectivity index (χ1v) is 6.03. The number of nitrogens with two attached hydrogens (primary N) is 1. The van der Waals surface area contributed by atoms with Crippen molar-refractivity contribution in [2.45, 2.75) is 13.3 Å². The summed E-state index contributed by atoms with van der Waals surface area (Å²) >= 11 is 0. The monoisotopic (exact) mass is 264 g/mol. The first kappa shape index (κ1) is 15.2. The number of carbonyl (C=O) groups is 1. The van der Waals surface area contributed by atoms with Crippen molar-refractivity contribution in [3.8, 4) is 11.8 Å². The van der Waals surface area contributed by atoms with Gasteiger partial charge in [0.05, 0.1) is 12.1 Å². The van der Waals surface area contributed by atoms with E-state index in [1.165, 1.54) is 18.2 Å². The van der Waals surface area contributed by atoms with Crippen LogP contribution in [0.3, 0.4) is 0 Å². The van der Waals surface area contributed by atoms with Gasteiger partial charge in [-0.2, -0.15) is 0 Å². The molecule has 0 aliphatic carbocycles. The minimum atomic E-state index is -0.443. The molecule has 0 saturated carbocycles. The number of nitrogens with one attached hydrogen (secondary N) is 1. The molecule has 5 heteroatoms. The van der Waals surface area contributed by atoms with Crippen molar-refractivity contribution in [2.24, 2.45) is 5.73 Å². The molecule has 0 unspecified atom stereocenters. The Morgan fingerprint density at radius 2 is 2.32 bits per heavy atom. The summed E-state index contributed by atoms with van der Waals surface area (Å²) in [4.78, 5) is 11.5. The zero-order valence-corrected chi connectivity index (χ0v) is 10.8. The first-order valence-electron chi connectivity index (χ1n) is 6.03. The summed E-state index contributed by atoms with van der Waals surface area (Å²) in [5, 5.41) is 2.62. The standard InChI is InChI=1S/C14H17FN2O2/c1-2-8-19-10-14(18)17-12-5-6-13(15)11(9-12)4-3-7-16/h5-6,9H,2,7-8,10,16H2,1H3,(H,17,18). The lowest BCUT2D eigenvalue weighted by molar-refractivity contribution is -0.120. The van der Waals surface area contributed by atoms with E-state index in [1.807, 2.05) is 6.92 Å². The van der Waals surface area contributed by atoms with Crippen molar-refractivity contribution < 1.29 is 13.9 Å². The predicted octanol–water partition coefficient (Wildman–Crippen LogP) is 1.50. The van der Waals surface area contributed by atoms with Gasteiger partial charge in [0, 0.05) is 12.3 Å². The van der Waals surface area contributed by atoms with Gasteiger partial charge in [-0.15, -0.1) is 0 Å². The molecule has 19 heavy (non-hydrogen) atoms. The van der Waals surface area contributed by atoms with Gasteiger partial charge in [0.25, 0.3) is 0 Å². The molecular formula is C14H17FN2O2. The van der Waals surface area contributed by atoms with Gasteiger partial charge < -0.3 is 15.8 Å². The third kappa shape index (κ3) is 5.51. The number of rotatable bonds is 5. The van der Waals surface area contributed by atoms with Gasteiger partial charge in [0.1, 0.15) is 12.4 Å². The van der Waals surface area contributed by atoms with E-state index in [2.05, 4.69) is 17.2 Å². The predicted molar refractivity (Wildman–Crippen MR) is 72.1 cm³/mol. The molecule has 0 fully saturated rings. The smallest absolute Gasteiger partial charge is 0.250 e. The van der Waals surface area contributed by atoms with E-state index < -0.39 is 5.82 Å². The molecule has 1 rings (SSSR count). The molecule has 0 saturated heterocycles. The molecule has 1 aromatic rings. The van der Waals surface area contributed by atoms with Gasteiger partial charge in [-0.3, -0.25) is 4.79 Å². The molecule has 0 aliphatic heterocycles. The van der Waals surface area contributed by atoms with Gasteiger partial charge in [-0.05, 0) is 24.6 Å². The Bertz CT molecular complexity index is 492. The molecule has 1 amide bonds. The van der Waals surface area contributed by atoms with E-state index in [9.17, 15) is 9.18 Å². The maximum absolute atomic E-state index is 13.4. The van der Waals surface area contributed by atoms with Crippen LogP contribution in [0, 0.1) is 17.7 Å². The summed E-state index contributed by atoms with van der Waals surface area (Å²) in [6, 6.07) is 4.19. The highest BCUT2D eigenvalue weighted by Gasteiger charge is 2.05. The molecule has 3 N–H and O–H groups in total. The van der Waals surface area contributed by atoms with E-state index >= 15 is 0 Å². The summed E-state index contributed by atoms with van der Waals surface area (Å²) in [6.45, 7) is 2.63. The van der Waals surface area contributed by atoms with Crippen LogP contribution in [0.5, 0.6) is 0 Å². The molecule has 0 bridgehead atoms. The van der Waals surface area contributed by atoms with Crippen LogP contribution in [0.2, 0.25) is 0 Å². The molecule has 0 radical (unpaired) electrons. The number of carbonyl (C=O) groups excluding carboxylic acids is 1. The Morgan fingerprint density at radius 1 is 1.53 bits per heavy atom. The molecule has 0 aromatic heterocycles. The van der Waals surface area contributed by atoms with Crippen molar-refractivity contribution in [1.29, 1.82) is 0 Å². The average molecular weight is 264 g/mol. The first-order chi connectivity index (χ1) is 9.17. The van der Waals surface area contributed by atoms with Crippen LogP contribution in [0.15, 0.2) is 18.2 Å². The van der Waals surface area contributed by atoms with Crippen LogP contribution in [0.25, 0.3) is 0 Å². The highest BCUT2D eigenvalue weighted by atomic mass is 19.1. The maximum Gasteiger partial charge on any atom is 0.250 e. The highest BCUT2D eigenvalue weighted by Crippen LogP contribution is 2.13. The number of anilines is 1. The van der Waals surface area contributed by atoms with E-state index in [-0.39, 0.29) is 24.6 Å². The minimum absolute atomic E-state index is 0.0188. The van der Waals surface area contributed by atoms with Gasteiger partial charge in [0.2, 0.25) is 5.91 Å². The Balaban J connectivity index is 2.66. The second-order valence-corrected chi connectivity index (χ2v) is 3.80. The van der Waals surface area contributed by atoms with Gasteiger partial charge in [-0.1, -0.05) is 18.8 Å². The number of hydrogen-bond acceptors (Lipinski definition) is 3. The fourth-order valence-electron chi connectivity index (χ4n) is 1.35. The Labute approximate surface area is 112 Å². The Kier molecular flexibility index (Phi) is 6.58. The molecule has 0 atom stereocenters. The van der Waals surface area contributed by atoms with Crippen LogP contribution >= 0.6 is 0 Å². The largest absolute Gasteiger partial charge is 0.372 e. The number of amides is 1. The fraction of sp³-hybridized carbons (Fsp3) is 0.357. The molecule has 102 valence electrons. The molecule has 1 aromatic carbocycles. The van der Waals surface area contributed by atoms with Gasteiger partial charge in [-0.25, -0.2) is 4.39 Å². The third-order valence-corrected chi connectivity index (χ3v) is 2.16. The van der Waals surface area contributed by atoms with Crippen LogP contribution in [-0.2, 0) is 9.53 Å². The lowest BCUT2D eigenvalue weighted by Crippen LogP contribution is -2.18. The molecule has 0 aliphatic rings. The van der Waals surface area contributed by atoms with E-state index in [4.69, 9.17) is 10.5 Å². The number of ether oxygens (including phenoxy) is 1. The zero-order chi connectivity index (χ0) is 14.1. The van der Waals surface area contributed by atoms with Gasteiger partial charge >= 0.3 is 0 Å². The van der Waals surface area contributed by atoms with E-state index in [1.54, 1.807) is 0 Å². The fourth-order valence-corrected chi connectivity index (χ4v) is 1.35. The quantitative estimate of drug-likeness (QED) is 0.625. The lowest BCUT2D eigenvalue weighted by Gasteiger charge is -2.06. The summed E-state index contributed by atoms with van der Waals surface area (Å²) in [5.74, 6) is 4.45. The SMILES string of the molecule is CCCOCC(=O)Nc1ccc(F)c(C#CCN)c1. The van der Waals surface area contributed by atoms with Crippen molar-refractivity contribution in [3.63, 3.8) is 0 Å². The summed E-state index contributed by atoms with van der Waals surface area (Å²) in [5.41, 5.74) is 5.92. The number of benzene rings is 1. The summed E-state index contributed by atoms with van der Waals surface area (Å²) < 4.78 is 18.5. The zero-order valence-electron chi connectivity index (χ0n) is 10.8. The number of halogens is 1. The topological polar surface area (TPSA) is 64.3 Å². The minimum Gasteiger partial charge on any atom is -0.372 e. The molecule has 0 heterocycles. The van der Waals surface area contributed by atoms with Crippen LogP contribution < -0.4 is 11.1 Å².